The van der Waals surface area contributed by atoms with E-state index in [4.69, 9.17) is 4.74 Å². The fourth-order valence-corrected chi connectivity index (χ4v) is 2.15. The summed E-state index contributed by atoms with van der Waals surface area (Å²) < 4.78 is 6.05. The molecule has 1 heterocycles. The quantitative estimate of drug-likeness (QED) is 0.706. The van der Waals surface area contributed by atoms with Crippen LogP contribution in [0.5, 0.6) is 0 Å². The van der Waals surface area contributed by atoms with Crippen LogP contribution in [0.2, 0.25) is 0 Å². The molecule has 0 N–H and O–H groups in total. The van der Waals surface area contributed by atoms with Crippen LogP contribution >= 0.6 is 0 Å². The normalized spacial score (nSPS) is 31.3. The summed E-state index contributed by atoms with van der Waals surface area (Å²) in [4.78, 5) is 2.26. The number of hydrogen-bond acceptors (Lipinski definition) is 2. The van der Waals surface area contributed by atoms with Crippen LogP contribution in [-0.2, 0) is 4.74 Å². The highest BCUT2D eigenvalue weighted by molar-refractivity contribution is 5.20. The van der Waals surface area contributed by atoms with Crippen molar-refractivity contribution >= 4 is 0 Å². The van der Waals surface area contributed by atoms with Crippen LogP contribution < -0.4 is 0 Å². The molecule has 86 valence electrons. The molecular formula is C14H19NO. The highest BCUT2D eigenvalue weighted by Crippen LogP contribution is 2.33. The Balaban J connectivity index is 2.19. The van der Waals surface area contributed by atoms with E-state index in [2.05, 4.69) is 49.2 Å². The van der Waals surface area contributed by atoms with E-state index in [9.17, 15) is 0 Å². The lowest BCUT2D eigenvalue weighted by Gasteiger charge is -2.19. The topological polar surface area (TPSA) is 12.5 Å². The van der Waals surface area contributed by atoms with Crippen molar-refractivity contribution < 1.29 is 4.74 Å². The smallest absolute Gasteiger partial charge is 0.130 e. The summed E-state index contributed by atoms with van der Waals surface area (Å²) in [6, 6.07) is 10.8. The van der Waals surface area contributed by atoms with Crippen molar-refractivity contribution in [2.75, 3.05) is 7.05 Å². The molecule has 3 atom stereocenters. The maximum atomic E-state index is 6.05. The molecule has 1 saturated heterocycles. The fourth-order valence-electron chi connectivity index (χ4n) is 2.15. The van der Waals surface area contributed by atoms with E-state index >= 15 is 0 Å². The van der Waals surface area contributed by atoms with E-state index in [0.29, 0.717) is 6.04 Å². The van der Waals surface area contributed by atoms with Crippen molar-refractivity contribution in [2.45, 2.75) is 32.2 Å². The summed E-state index contributed by atoms with van der Waals surface area (Å²) in [5.41, 5.74) is 1.26. The standard InChI is InChI=1S/C14H19NO/c1-4-8-13-15(3)11(2)14(16-13)12-9-6-5-7-10-12/h4-11,13-14H,1-3H3/b8-4+/t11-,13?,14-/m0/s1. The van der Waals surface area contributed by atoms with Crippen LogP contribution in [0.3, 0.4) is 0 Å². The molecule has 0 aliphatic carbocycles. The Morgan fingerprint density at radius 3 is 2.56 bits per heavy atom. The van der Waals surface area contributed by atoms with Gasteiger partial charge < -0.3 is 4.74 Å². The van der Waals surface area contributed by atoms with Gasteiger partial charge in [0.1, 0.15) is 12.3 Å². The number of likely N-dealkylation sites (N-methyl/N-ethyl adjacent to an activating group) is 1. The SMILES string of the molecule is C/C=C/C1O[C@H](c2ccccc2)[C@H](C)N1C. The molecule has 16 heavy (non-hydrogen) atoms. The van der Waals surface area contributed by atoms with Crippen LogP contribution in [-0.4, -0.2) is 24.2 Å². The molecule has 0 radical (unpaired) electrons. The Morgan fingerprint density at radius 2 is 1.94 bits per heavy atom. The number of rotatable bonds is 2. The first-order valence-electron chi connectivity index (χ1n) is 5.79. The summed E-state index contributed by atoms with van der Waals surface area (Å²) in [6.07, 6.45) is 4.42. The van der Waals surface area contributed by atoms with Gasteiger partial charge in [0, 0.05) is 6.04 Å². The van der Waals surface area contributed by atoms with E-state index in [-0.39, 0.29) is 12.3 Å². The molecule has 2 nitrogen and oxygen atoms in total. The second-order valence-electron chi connectivity index (χ2n) is 4.29. The van der Waals surface area contributed by atoms with Crippen molar-refractivity contribution in [3.63, 3.8) is 0 Å². The Labute approximate surface area is 97.5 Å². The van der Waals surface area contributed by atoms with Crippen LogP contribution in [0, 0.1) is 0 Å². The Morgan fingerprint density at radius 1 is 1.25 bits per heavy atom. The zero-order valence-electron chi connectivity index (χ0n) is 10.1. The monoisotopic (exact) mass is 217 g/mol. The van der Waals surface area contributed by atoms with Crippen LogP contribution in [0.15, 0.2) is 42.5 Å². The van der Waals surface area contributed by atoms with E-state index in [1.807, 2.05) is 19.1 Å². The maximum Gasteiger partial charge on any atom is 0.130 e. The number of nitrogens with zero attached hydrogens (tertiary/aromatic N) is 1. The van der Waals surface area contributed by atoms with Gasteiger partial charge in [0.25, 0.3) is 0 Å². The summed E-state index contributed by atoms with van der Waals surface area (Å²) in [7, 11) is 2.11. The molecule has 0 bridgehead atoms. The summed E-state index contributed by atoms with van der Waals surface area (Å²) in [5.74, 6) is 0. The van der Waals surface area contributed by atoms with Crippen LogP contribution in [0.4, 0.5) is 0 Å². The number of ether oxygens (including phenoxy) is 1. The lowest BCUT2D eigenvalue weighted by atomic mass is 10.0. The average Bonchev–Trinajstić information content (AvgIpc) is 2.59. The zero-order chi connectivity index (χ0) is 11.5. The number of allylic oxidation sites excluding steroid dienone is 1. The zero-order valence-corrected chi connectivity index (χ0v) is 10.1. The second kappa shape index (κ2) is 4.81. The van der Waals surface area contributed by atoms with E-state index in [1.54, 1.807) is 0 Å². The Kier molecular flexibility index (Phi) is 3.42. The molecule has 1 aromatic rings. The van der Waals surface area contributed by atoms with Gasteiger partial charge in [-0.2, -0.15) is 0 Å². The summed E-state index contributed by atoms with van der Waals surface area (Å²) in [6.45, 7) is 4.23. The molecule has 2 rings (SSSR count). The first-order chi connectivity index (χ1) is 7.74. The molecule has 1 aliphatic rings. The highest BCUT2D eigenvalue weighted by Gasteiger charge is 2.36. The molecule has 1 aromatic carbocycles. The van der Waals surface area contributed by atoms with Gasteiger partial charge in [-0.25, -0.2) is 0 Å². The third kappa shape index (κ3) is 2.04. The molecule has 1 unspecified atom stereocenters. The third-order valence-corrected chi connectivity index (χ3v) is 3.25. The van der Waals surface area contributed by atoms with E-state index in [0.717, 1.165) is 0 Å². The van der Waals surface area contributed by atoms with Gasteiger partial charge in [-0.05, 0) is 32.5 Å². The highest BCUT2D eigenvalue weighted by atomic mass is 16.5. The first-order valence-corrected chi connectivity index (χ1v) is 5.79. The molecule has 1 fully saturated rings. The molecule has 0 saturated carbocycles. The molecule has 0 spiro atoms. The number of hydrogen-bond donors (Lipinski definition) is 0. The lowest BCUT2D eigenvalue weighted by Crippen LogP contribution is -2.30. The lowest BCUT2D eigenvalue weighted by molar-refractivity contribution is 0.0406. The van der Waals surface area contributed by atoms with E-state index < -0.39 is 0 Å². The van der Waals surface area contributed by atoms with Crippen molar-refractivity contribution in [1.29, 1.82) is 0 Å². The molecular weight excluding hydrogens is 198 g/mol. The van der Waals surface area contributed by atoms with Gasteiger partial charge in [0.2, 0.25) is 0 Å². The predicted octanol–water partition coefficient (Wildman–Crippen LogP) is 2.98. The molecule has 2 heteroatoms. The minimum absolute atomic E-state index is 0.102. The minimum Gasteiger partial charge on any atom is -0.350 e. The van der Waals surface area contributed by atoms with Crippen molar-refractivity contribution in [3.05, 3.63) is 48.0 Å². The molecule has 1 aliphatic heterocycles. The van der Waals surface area contributed by atoms with Crippen molar-refractivity contribution in [3.8, 4) is 0 Å². The number of benzene rings is 1. The van der Waals surface area contributed by atoms with Crippen LogP contribution in [0.25, 0.3) is 0 Å². The van der Waals surface area contributed by atoms with Crippen LogP contribution in [0.1, 0.15) is 25.5 Å². The van der Waals surface area contributed by atoms with Crippen molar-refractivity contribution in [2.24, 2.45) is 0 Å². The first kappa shape index (κ1) is 11.4. The summed E-state index contributed by atoms with van der Waals surface area (Å²) >= 11 is 0. The second-order valence-corrected chi connectivity index (χ2v) is 4.29. The van der Waals surface area contributed by atoms with Crippen molar-refractivity contribution in [1.82, 2.24) is 4.90 Å². The Bertz CT molecular complexity index is 360. The fraction of sp³-hybridized carbons (Fsp3) is 0.429. The average molecular weight is 217 g/mol. The molecule has 0 aromatic heterocycles. The van der Waals surface area contributed by atoms with Gasteiger partial charge in [-0.3, -0.25) is 4.90 Å². The largest absolute Gasteiger partial charge is 0.350 e. The van der Waals surface area contributed by atoms with Gasteiger partial charge in [0.05, 0.1) is 0 Å². The van der Waals surface area contributed by atoms with E-state index in [1.165, 1.54) is 5.56 Å². The third-order valence-electron chi connectivity index (χ3n) is 3.25. The van der Waals surface area contributed by atoms with Gasteiger partial charge >= 0.3 is 0 Å². The van der Waals surface area contributed by atoms with Gasteiger partial charge in [-0.15, -0.1) is 0 Å². The predicted molar refractivity (Wildman–Crippen MR) is 66.1 cm³/mol. The van der Waals surface area contributed by atoms with Gasteiger partial charge in [0.15, 0.2) is 0 Å². The maximum absolute atomic E-state index is 6.05. The molecule has 0 amide bonds. The summed E-state index contributed by atoms with van der Waals surface area (Å²) in [5, 5.41) is 0. The Hall–Kier alpha value is -1.12. The van der Waals surface area contributed by atoms with Gasteiger partial charge in [-0.1, -0.05) is 36.4 Å². The minimum atomic E-state index is 0.102.